The molecular weight excluding hydrogens is 432 g/mol. The maximum absolute atomic E-state index is 13.6. The summed E-state index contributed by atoms with van der Waals surface area (Å²) in [6, 6.07) is 8.50. The predicted molar refractivity (Wildman–Crippen MR) is 102 cm³/mol. The van der Waals surface area contributed by atoms with E-state index in [1.807, 2.05) is 12.1 Å². The van der Waals surface area contributed by atoms with Crippen molar-refractivity contribution in [2.24, 2.45) is 4.99 Å². The second-order valence-corrected chi connectivity index (χ2v) is 5.11. The Morgan fingerprint density at radius 2 is 1.91 bits per heavy atom. The molecule has 0 aliphatic heterocycles. The molecule has 0 atom stereocenters. The molecule has 0 bridgehead atoms. The molecule has 126 valence electrons. The van der Waals surface area contributed by atoms with Crippen LogP contribution in [0.1, 0.15) is 11.3 Å². The summed E-state index contributed by atoms with van der Waals surface area (Å²) in [6.45, 7) is 1.24. The summed E-state index contributed by atoms with van der Waals surface area (Å²) < 4.78 is 18.9. The van der Waals surface area contributed by atoms with Gasteiger partial charge in [0.05, 0.1) is 6.26 Å². The maximum Gasteiger partial charge on any atom is 0.191 e. The average molecular weight is 452 g/mol. The van der Waals surface area contributed by atoms with E-state index in [4.69, 9.17) is 16.0 Å². The van der Waals surface area contributed by atoms with Gasteiger partial charge in [-0.3, -0.25) is 4.99 Å². The van der Waals surface area contributed by atoms with Crippen LogP contribution in [0.3, 0.4) is 0 Å². The monoisotopic (exact) mass is 451 g/mol. The minimum absolute atomic E-state index is 0. The molecule has 0 aliphatic carbocycles. The van der Waals surface area contributed by atoms with Gasteiger partial charge in [-0.05, 0) is 30.7 Å². The molecule has 0 saturated carbocycles. The van der Waals surface area contributed by atoms with Crippen LogP contribution in [0.4, 0.5) is 4.39 Å². The number of benzene rings is 1. The van der Waals surface area contributed by atoms with Crippen molar-refractivity contribution in [3.63, 3.8) is 0 Å². The minimum Gasteiger partial charge on any atom is -0.469 e. The third kappa shape index (κ3) is 6.39. The van der Waals surface area contributed by atoms with E-state index in [0.717, 1.165) is 12.2 Å². The Hall–Kier alpha value is -1.28. The molecule has 0 aliphatic rings. The third-order valence-electron chi connectivity index (χ3n) is 3.20. The Balaban J connectivity index is 0.00000264. The molecule has 7 heteroatoms. The quantitative estimate of drug-likeness (QED) is 0.400. The lowest BCUT2D eigenvalue weighted by atomic mass is 10.1. The van der Waals surface area contributed by atoms with Crippen molar-refractivity contribution in [1.82, 2.24) is 10.6 Å². The van der Waals surface area contributed by atoms with Crippen molar-refractivity contribution >= 4 is 41.5 Å². The van der Waals surface area contributed by atoms with Gasteiger partial charge >= 0.3 is 0 Å². The van der Waals surface area contributed by atoms with Crippen LogP contribution in [0.2, 0.25) is 5.02 Å². The van der Waals surface area contributed by atoms with E-state index >= 15 is 0 Å². The van der Waals surface area contributed by atoms with Crippen molar-refractivity contribution in [2.75, 3.05) is 20.1 Å². The number of halogens is 3. The van der Waals surface area contributed by atoms with Crippen LogP contribution in [0.5, 0.6) is 0 Å². The number of nitrogens with zero attached hydrogens (tertiary/aromatic N) is 1. The van der Waals surface area contributed by atoms with Crippen molar-refractivity contribution < 1.29 is 8.81 Å². The van der Waals surface area contributed by atoms with Crippen LogP contribution in [0.15, 0.2) is 46.0 Å². The van der Waals surface area contributed by atoms with Crippen molar-refractivity contribution in [2.45, 2.75) is 12.8 Å². The van der Waals surface area contributed by atoms with Crippen LogP contribution in [-0.4, -0.2) is 26.1 Å². The summed E-state index contributed by atoms with van der Waals surface area (Å²) in [6.07, 6.45) is 2.91. The largest absolute Gasteiger partial charge is 0.469 e. The van der Waals surface area contributed by atoms with Crippen molar-refractivity contribution in [1.29, 1.82) is 0 Å². The fourth-order valence-electron chi connectivity index (χ4n) is 2.06. The molecular formula is C16H20ClFIN3O. The molecule has 4 nitrogen and oxygen atoms in total. The lowest BCUT2D eigenvalue weighted by molar-refractivity contribution is 0.507. The number of nitrogens with one attached hydrogen (secondary N) is 2. The second-order valence-electron chi connectivity index (χ2n) is 4.71. The molecule has 0 unspecified atom stereocenters. The third-order valence-corrected chi connectivity index (χ3v) is 3.55. The Morgan fingerprint density at radius 3 is 2.52 bits per heavy atom. The van der Waals surface area contributed by atoms with Crippen molar-refractivity contribution in [3.05, 3.63) is 58.8 Å². The summed E-state index contributed by atoms with van der Waals surface area (Å²) in [4.78, 5) is 4.12. The highest BCUT2D eigenvalue weighted by Gasteiger charge is 2.07. The van der Waals surface area contributed by atoms with Gasteiger partial charge in [0, 0.05) is 37.1 Å². The van der Waals surface area contributed by atoms with Gasteiger partial charge in [-0.2, -0.15) is 0 Å². The number of hydrogen-bond donors (Lipinski definition) is 2. The van der Waals surface area contributed by atoms with Crippen LogP contribution in [0.25, 0.3) is 0 Å². The normalized spacial score (nSPS) is 11.0. The fourth-order valence-corrected chi connectivity index (χ4v) is 2.31. The summed E-state index contributed by atoms with van der Waals surface area (Å²) in [5, 5.41) is 6.76. The average Bonchev–Trinajstić information content (AvgIpc) is 3.01. The van der Waals surface area contributed by atoms with E-state index in [0.29, 0.717) is 36.1 Å². The Morgan fingerprint density at radius 1 is 1.17 bits per heavy atom. The van der Waals surface area contributed by atoms with Gasteiger partial charge in [0.25, 0.3) is 0 Å². The molecule has 1 aromatic carbocycles. The first-order chi connectivity index (χ1) is 10.7. The molecule has 2 aromatic rings. The molecule has 0 radical (unpaired) electrons. The van der Waals surface area contributed by atoms with Crippen LogP contribution >= 0.6 is 35.6 Å². The Bertz CT molecular complexity index is 600. The summed E-state index contributed by atoms with van der Waals surface area (Å²) >= 11 is 6.00. The number of aliphatic imine (C=N–C) groups is 1. The summed E-state index contributed by atoms with van der Waals surface area (Å²) in [7, 11) is 1.69. The molecule has 0 amide bonds. The maximum atomic E-state index is 13.6. The SMILES string of the molecule is CN=C(NCCc1ccco1)NCCc1c(F)cccc1Cl.I. The zero-order valence-electron chi connectivity index (χ0n) is 12.8. The molecule has 1 heterocycles. The lowest BCUT2D eigenvalue weighted by Crippen LogP contribution is -2.39. The second kappa shape index (κ2) is 10.5. The van der Waals surface area contributed by atoms with Gasteiger partial charge in [0.1, 0.15) is 11.6 Å². The summed E-state index contributed by atoms with van der Waals surface area (Å²) in [5.74, 6) is 1.30. The molecule has 2 N–H and O–H groups in total. The number of hydrogen-bond acceptors (Lipinski definition) is 2. The van der Waals surface area contributed by atoms with E-state index in [2.05, 4.69) is 15.6 Å². The van der Waals surface area contributed by atoms with E-state index in [-0.39, 0.29) is 29.8 Å². The van der Waals surface area contributed by atoms with E-state index < -0.39 is 0 Å². The number of rotatable bonds is 6. The topological polar surface area (TPSA) is 49.6 Å². The molecule has 0 spiro atoms. The lowest BCUT2D eigenvalue weighted by Gasteiger charge is -2.12. The Labute approximate surface area is 157 Å². The van der Waals surface area contributed by atoms with Gasteiger partial charge in [-0.1, -0.05) is 17.7 Å². The van der Waals surface area contributed by atoms with E-state index in [1.54, 1.807) is 25.4 Å². The first-order valence-electron chi connectivity index (χ1n) is 7.10. The fraction of sp³-hybridized carbons (Fsp3) is 0.312. The predicted octanol–water partition coefficient (Wildman–Crippen LogP) is 3.64. The molecule has 23 heavy (non-hydrogen) atoms. The molecule has 1 aromatic heterocycles. The van der Waals surface area contributed by atoms with E-state index in [1.165, 1.54) is 6.07 Å². The smallest absolute Gasteiger partial charge is 0.191 e. The van der Waals surface area contributed by atoms with Gasteiger partial charge in [-0.25, -0.2) is 4.39 Å². The first-order valence-corrected chi connectivity index (χ1v) is 7.48. The van der Waals surface area contributed by atoms with E-state index in [9.17, 15) is 4.39 Å². The summed E-state index contributed by atoms with van der Waals surface area (Å²) in [5.41, 5.74) is 0.516. The van der Waals surface area contributed by atoms with Gasteiger partial charge in [0.15, 0.2) is 5.96 Å². The Kier molecular flexibility index (Phi) is 9.01. The van der Waals surface area contributed by atoms with Crippen LogP contribution in [-0.2, 0) is 12.8 Å². The standard InChI is InChI=1S/C16H19ClFN3O.HI/c1-19-16(20-9-7-12-4-3-11-22-12)21-10-8-13-14(17)5-2-6-15(13)18;/h2-6,11H,7-10H2,1H3,(H2,19,20,21);1H. The highest BCUT2D eigenvalue weighted by Crippen LogP contribution is 2.18. The zero-order valence-corrected chi connectivity index (χ0v) is 15.9. The van der Waals surface area contributed by atoms with Gasteiger partial charge < -0.3 is 15.1 Å². The zero-order chi connectivity index (χ0) is 15.8. The molecule has 0 saturated heterocycles. The molecule has 0 fully saturated rings. The van der Waals surface area contributed by atoms with Crippen LogP contribution < -0.4 is 10.6 Å². The molecule has 2 rings (SSSR count). The van der Waals surface area contributed by atoms with Crippen LogP contribution in [0, 0.1) is 5.82 Å². The first kappa shape index (κ1) is 19.8. The van der Waals surface area contributed by atoms with Gasteiger partial charge in [0.2, 0.25) is 0 Å². The number of guanidine groups is 1. The number of furan rings is 1. The highest BCUT2D eigenvalue weighted by atomic mass is 127. The van der Waals surface area contributed by atoms with Gasteiger partial charge in [-0.15, -0.1) is 24.0 Å². The van der Waals surface area contributed by atoms with Crippen molar-refractivity contribution in [3.8, 4) is 0 Å². The highest BCUT2D eigenvalue weighted by molar-refractivity contribution is 14.0. The minimum atomic E-state index is -0.282.